The minimum atomic E-state index is -3.40. The van der Waals surface area contributed by atoms with Gasteiger partial charge in [-0.15, -0.1) is 0 Å². The predicted molar refractivity (Wildman–Crippen MR) is 124 cm³/mol. The first-order valence-electron chi connectivity index (χ1n) is 11.3. The maximum atomic E-state index is 12.6. The van der Waals surface area contributed by atoms with Crippen LogP contribution in [0.3, 0.4) is 0 Å². The molecule has 2 aromatic carbocycles. The van der Waals surface area contributed by atoms with E-state index < -0.39 is 10.0 Å². The zero-order valence-electron chi connectivity index (χ0n) is 18.3. The summed E-state index contributed by atoms with van der Waals surface area (Å²) in [5, 5.41) is 2.98. The van der Waals surface area contributed by atoms with E-state index in [1.807, 2.05) is 18.2 Å². The number of nitrogens with one attached hydrogen (secondary N) is 1. The van der Waals surface area contributed by atoms with Gasteiger partial charge in [0.25, 0.3) is 0 Å². The smallest absolute Gasteiger partial charge is 0.243 e. The van der Waals surface area contributed by atoms with Crippen LogP contribution in [-0.2, 0) is 32.5 Å². The van der Waals surface area contributed by atoms with Gasteiger partial charge in [-0.25, -0.2) is 8.42 Å². The van der Waals surface area contributed by atoms with Crippen molar-refractivity contribution in [1.82, 2.24) is 9.21 Å². The highest BCUT2D eigenvalue weighted by Gasteiger charge is 2.26. The molecule has 0 unspecified atom stereocenters. The van der Waals surface area contributed by atoms with E-state index in [1.54, 1.807) is 28.6 Å². The van der Waals surface area contributed by atoms with Crippen LogP contribution in [0.15, 0.2) is 53.4 Å². The Hall–Kier alpha value is -2.26. The second-order valence-electron chi connectivity index (χ2n) is 8.39. The van der Waals surface area contributed by atoms with Gasteiger partial charge in [0.15, 0.2) is 0 Å². The Balaban J connectivity index is 1.28. The number of aryl methyl sites for hydroxylation is 1. The first-order chi connectivity index (χ1) is 15.5. The third kappa shape index (κ3) is 5.95. The number of nitrogens with zero attached hydrogens (tertiary/aromatic N) is 2. The fourth-order valence-corrected chi connectivity index (χ4v) is 5.67. The van der Waals surface area contributed by atoms with Crippen molar-refractivity contribution >= 4 is 21.6 Å². The van der Waals surface area contributed by atoms with E-state index in [0.29, 0.717) is 30.8 Å². The molecule has 0 atom stereocenters. The van der Waals surface area contributed by atoms with Gasteiger partial charge in [-0.05, 0) is 54.7 Å². The van der Waals surface area contributed by atoms with Crippen LogP contribution in [-0.4, -0.2) is 62.9 Å². The highest BCUT2D eigenvalue weighted by atomic mass is 32.2. The number of benzene rings is 2. The van der Waals surface area contributed by atoms with Crippen LogP contribution in [0.1, 0.15) is 30.4 Å². The lowest BCUT2D eigenvalue weighted by atomic mass is 10.1. The molecule has 2 heterocycles. The molecule has 4 rings (SSSR count). The van der Waals surface area contributed by atoms with E-state index in [2.05, 4.69) is 16.3 Å². The number of carbonyl (C=O) groups is 1. The van der Waals surface area contributed by atoms with Crippen molar-refractivity contribution in [2.75, 3.05) is 44.7 Å². The van der Waals surface area contributed by atoms with Gasteiger partial charge in [-0.1, -0.05) is 24.3 Å². The van der Waals surface area contributed by atoms with E-state index in [1.165, 1.54) is 5.56 Å². The third-order valence-corrected chi connectivity index (χ3v) is 7.90. The van der Waals surface area contributed by atoms with Crippen LogP contribution in [0.4, 0.5) is 5.69 Å². The van der Waals surface area contributed by atoms with Crippen LogP contribution in [0.2, 0.25) is 0 Å². The molecule has 1 amide bonds. The van der Waals surface area contributed by atoms with Gasteiger partial charge in [-0.3, -0.25) is 9.69 Å². The Morgan fingerprint density at radius 3 is 2.38 bits per heavy atom. The lowest BCUT2D eigenvalue weighted by Crippen LogP contribution is -2.35. The summed E-state index contributed by atoms with van der Waals surface area (Å²) in [5.74, 6) is -0.0534. The largest absolute Gasteiger partial charge is 0.379 e. The van der Waals surface area contributed by atoms with Crippen molar-refractivity contribution < 1.29 is 17.9 Å². The minimum Gasteiger partial charge on any atom is -0.379 e. The zero-order valence-corrected chi connectivity index (χ0v) is 19.1. The van der Waals surface area contributed by atoms with Crippen LogP contribution < -0.4 is 5.32 Å². The van der Waals surface area contributed by atoms with Gasteiger partial charge in [0.2, 0.25) is 15.9 Å². The first kappa shape index (κ1) is 22.9. The molecule has 0 aliphatic carbocycles. The summed E-state index contributed by atoms with van der Waals surface area (Å²) < 4.78 is 32.2. The molecule has 172 valence electrons. The molecule has 0 radical (unpaired) electrons. The van der Waals surface area contributed by atoms with E-state index in [9.17, 15) is 13.2 Å². The highest BCUT2D eigenvalue weighted by molar-refractivity contribution is 7.89. The number of hydrogen-bond donors (Lipinski definition) is 1. The molecule has 0 saturated carbocycles. The molecule has 8 heteroatoms. The number of rotatable bonds is 8. The van der Waals surface area contributed by atoms with Crippen LogP contribution in [0.5, 0.6) is 0 Å². The fraction of sp³-hybridized carbons (Fsp3) is 0.458. The summed E-state index contributed by atoms with van der Waals surface area (Å²) >= 11 is 0. The molecule has 1 N–H and O–H groups in total. The normalized spacial score (nSPS) is 18.0. The number of carbonyl (C=O) groups excluding carboxylic acids is 1. The third-order valence-electron chi connectivity index (χ3n) is 5.99. The van der Waals surface area contributed by atoms with E-state index in [4.69, 9.17) is 4.74 Å². The summed E-state index contributed by atoms with van der Waals surface area (Å²) in [6, 6.07) is 14.9. The van der Waals surface area contributed by atoms with Crippen molar-refractivity contribution in [3.05, 3.63) is 59.7 Å². The highest BCUT2D eigenvalue weighted by Crippen LogP contribution is 2.21. The number of anilines is 1. The topological polar surface area (TPSA) is 79.0 Å². The summed E-state index contributed by atoms with van der Waals surface area (Å²) in [6.45, 7) is 5.42. The van der Waals surface area contributed by atoms with Crippen LogP contribution >= 0.6 is 0 Å². The average molecular weight is 458 g/mol. The molecule has 0 spiro atoms. The Morgan fingerprint density at radius 2 is 1.66 bits per heavy atom. The Bertz CT molecular complexity index is 1010. The first-order valence-corrected chi connectivity index (χ1v) is 12.7. The molecule has 2 aliphatic heterocycles. The van der Waals surface area contributed by atoms with Crippen molar-refractivity contribution in [3.63, 3.8) is 0 Å². The molecule has 2 aliphatic rings. The number of morpholine rings is 1. The fourth-order valence-electron chi connectivity index (χ4n) is 4.15. The number of hydrogen-bond acceptors (Lipinski definition) is 5. The summed E-state index contributed by atoms with van der Waals surface area (Å²) in [6.07, 6.45) is 2.74. The Kier molecular flexibility index (Phi) is 7.57. The predicted octanol–water partition coefficient (Wildman–Crippen LogP) is 2.87. The second-order valence-corrected chi connectivity index (χ2v) is 10.3. The molecule has 0 bridgehead atoms. The number of ether oxygens (including phenoxy) is 1. The average Bonchev–Trinajstić information content (AvgIpc) is 3.35. The second kappa shape index (κ2) is 10.6. The van der Waals surface area contributed by atoms with E-state index >= 15 is 0 Å². The Morgan fingerprint density at radius 1 is 0.938 bits per heavy atom. The van der Waals surface area contributed by atoms with E-state index in [0.717, 1.165) is 56.9 Å². The van der Waals surface area contributed by atoms with Crippen LogP contribution in [0.25, 0.3) is 0 Å². The van der Waals surface area contributed by atoms with Crippen molar-refractivity contribution in [1.29, 1.82) is 0 Å². The van der Waals surface area contributed by atoms with Crippen molar-refractivity contribution in [3.8, 4) is 0 Å². The van der Waals surface area contributed by atoms with Crippen LogP contribution in [0, 0.1) is 0 Å². The maximum Gasteiger partial charge on any atom is 0.243 e. The lowest BCUT2D eigenvalue weighted by Gasteiger charge is -2.26. The van der Waals surface area contributed by atoms with Crippen molar-refractivity contribution in [2.24, 2.45) is 0 Å². The van der Waals surface area contributed by atoms with Gasteiger partial charge in [0.1, 0.15) is 0 Å². The molecule has 2 saturated heterocycles. The molecule has 2 fully saturated rings. The number of amides is 1. The molecule has 2 aromatic rings. The Labute approximate surface area is 190 Å². The van der Waals surface area contributed by atoms with Gasteiger partial charge >= 0.3 is 0 Å². The summed E-state index contributed by atoms with van der Waals surface area (Å²) in [4.78, 5) is 15.1. The molecular formula is C24H31N3O4S. The molecular weight excluding hydrogens is 426 g/mol. The molecule has 32 heavy (non-hydrogen) atoms. The lowest BCUT2D eigenvalue weighted by molar-refractivity contribution is -0.116. The van der Waals surface area contributed by atoms with Gasteiger partial charge in [-0.2, -0.15) is 4.31 Å². The molecule has 0 aromatic heterocycles. The van der Waals surface area contributed by atoms with Gasteiger partial charge in [0, 0.05) is 44.8 Å². The van der Waals surface area contributed by atoms with Crippen molar-refractivity contribution in [2.45, 2.75) is 37.1 Å². The van der Waals surface area contributed by atoms with Gasteiger partial charge < -0.3 is 10.1 Å². The van der Waals surface area contributed by atoms with E-state index in [-0.39, 0.29) is 5.91 Å². The monoisotopic (exact) mass is 457 g/mol. The maximum absolute atomic E-state index is 12.6. The molecule has 7 nitrogen and oxygen atoms in total. The minimum absolute atomic E-state index is 0.0534. The number of sulfonamides is 1. The summed E-state index contributed by atoms with van der Waals surface area (Å²) in [7, 11) is -3.40. The van der Waals surface area contributed by atoms with Gasteiger partial charge in [0.05, 0.1) is 18.1 Å². The SMILES string of the molecule is O=C(CCc1ccc(S(=O)(=O)N2CCCC2)cc1)Nc1cccc(CN2CCOCC2)c1. The standard InChI is InChI=1S/C24H31N3O4S/c28-24(25-22-5-3-4-21(18-22)19-26-14-16-31-17-15-26)11-8-20-6-9-23(10-7-20)32(29,30)27-12-1-2-13-27/h3-7,9-10,18H,1-2,8,11-17,19H2,(H,25,28). The zero-order chi connectivity index (χ0) is 22.4. The summed E-state index contributed by atoms with van der Waals surface area (Å²) in [5.41, 5.74) is 2.91. The quantitative estimate of drug-likeness (QED) is 0.660.